The SMILES string of the molecule is COc1cc(-c2cc(C(=O)Nc3cccc(C(=O)NCc4ccccc4)c3)c3ccccc3n2)cc(OC)c1OC. The Balaban J connectivity index is 1.45. The predicted molar refractivity (Wildman–Crippen MR) is 159 cm³/mol. The second kappa shape index (κ2) is 12.2. The number of anilines is 1. The van der Waals surface area contributed by atoms with E-state index >= 15 is 0 Å². The summed E-state index contributed by atoms with van der Waals surface area (Å²) in [7, 11) is 4.63. The lowest BCUT2D eigenvalue weighted by molar-refractivity contribution is 0.0949. The smallest absolute Gasteiger partial charge is 0.256 e. The second-order valence-electron chi connectivity index (χ2n) is 9.19. The molecular formula is C33H29N3O5. The predicted octanol–water partition coefficient (Wildman–Crippen LogP) is 6.11. The zero-order valence-electron chi connectivity index (χ0n) is 22.9. The van der Waals surface area contributed by atoms with E-state index in [2.05, 4.69) is 10.6 Å². The summed E-state index contributed by atoms with van der Waals surface area (Å²) in [5, 5.41) is 6.55. The van der Waals surface area contributed by atoms with E-state index in [-0.39, 0.29) is 11.8 Å². The summed E-state index contributed by atoms with van der Waals surface area (Å²) >= 11 is 0. The molecule has 41 heavy (non-hydrogen) atoms. The summed E-state index contributed by atoms with van der Waals surface area (Å²) in [6, 6.07) is 29.3. The number of nitrogens with one attached hydrogen (secondary N) is 2. The third-order valence-corrected chi connectivity index (χ3v) is 6.60. The van der Waals surface area contributed by atoms with Crippen LogP contribution in [0.3, 0.4) is 0 Å². The lowest BCUT2D eigenvalue weighted by Gasteiger charge is -2.15. The molecular weight excluding hydrogens is 518 g/mol. The van der Waals surface area contributed by atoms with E-state index in [1.807, 2.05) is 54.6 Å². The van der Waals surface area contributed by atoms with Gasteiger partial charge in [-0.25, -0.2) is 4.98 Å². The van der Waals surface area contributed by atoms with Crippen molar-refractivity contribution in [1.29, 1.82) is 0 Å². The fraction of sp³-hybridized carbons (Fsp3) is 0.121. The highest BCUT2D eigenvalue weighted by Crippen LogP contribution is 2.41. The molecule has 0 radical (unpaired) electrons. The van der Waals surface area contributed by atoms with E-state index in [4.69, 9.17) is 19.2 Å². The Morgan fingerprint density at radius 2 is 1.44 bits per heavy atom. The molecule has 0 unspecified atom stereocenters. The summed E-state index contributed by atoms with van der Waals surface area (Å²) in [5.74, 6) is 0.851. The number of carbonyl (C=O) groups is 2. The van der Waals surface area contributed by atoms with Gasteiger partial charge in [-0.05, 0) is 48.0 Å². The zero-order valence-corrected chi connectivity index (χ0v) is 22.9. The van der Waals surface area contributed by atoms with E-state index in [1.54, 1.807) is 63.8 Å². The molecule has 1 heterocycles. The van der Waals surface area contributed by atoms with Gasteiger partial charge in [-0.2, -0.15) is 0 Å². The zero-order chi connectivity index (χ0) is 28.8. The Morgan fingerprint density at radius 1 is 0.732 bits per heavy atom. The molecule has 0 aliphatic carbocycles. The molecule has 206 valence electrons. The lowest BCUT2D eigenvalue weighted by atomic mass is 10.0. The van der Waals surface area contributed by atoms with Crippen molar-refractivity contribution >= 4 is 28.4 Å². The highest BCUT2D eigenvalue weighted by atomic mass is 16.5. The van der Waals surface area contributed by atoms with Gasteiger partial charge in [0.25, 0.3) is 11.8 Å². The molecule has 0 atom stereocenters. The first kappa shape index (κ1) is 27.2. The Morgan fingerprint density at radius 3 is 2.15 bits per heavy atom. The van der Waals surface area contributed by atoms with Gasteiger partial charge in [-0.15, -0.1) is 0 Å². The fourth-order valence-corrected chi connectivity index (χ4v) is 4.56. The van der Waals surface area contributed by atoms with Crippen LogP contribution in [0.15, 0.2) is 97.1 Å². The number of amides is 2. The summed E-state index contributed by atoms with van der Waals surface area (Å²) in [4.78, 5) is 31.2. The van der Waals surface area contributed by atoms with Gasteiger partial charge in [0.1, 0.15) is 0 Å². The van der Waals surface area contributed by atoms with Crippen LogP contribution >= 0.6 is 0 Å². The summed E-state index contributed by atoms with van der Waals surface area (Å²) in [6.45, 7) is 0.406. The number of fused-ring (bicyclic) bond motifs is 1. The summed E-state index contributed by atoms with van der Waals surface area (Å²) in [6.07, 6.45) is 0. The molecule has 5 rings (SSSR count). The van der Waals surface area contributed by atoms with Crippen LogP contribution in [-0.2, 0) is 6.54 Å². The van der Waals surface area contributed by atoms with Gasteiger partial charge in [0, 0.05) is 28.7 Å². The number of hydrogen-bond acceptors (Lipinski definition) is 6. The van der Waals surface area contributed by atoms with E-state index in [9.17, 15) is 9.59 Å². The number of benzene rings is 4. The minimum atomic E-state index is -0.334. The van der Waals surface area contributed by atoms with Crippen molar-refractivity contribution in [3.8, 4) is 28.5 Å². The summed E-state index contributed by atoms with van der Waals surface area (Å²) < 4.78 is 16.5. The maximum absolute atomic E-state index is 13.6. The average Bonchev–Trinajstić information content (AvgIpc) is 3.02. The van der Waals surface area contributed by atoms with E-state index in [0.29, 0.717) is 62.8 Å². The van der Waals surface area contributed by atoms with Crippen LogP contribution in [0.4, 0.5) is 5.69 Å². The first-order valence-electron chi connectivity index (χ1n) is 12.9. The molecule has 4 aromatic carbocycles. The van der Waals surface area contributed by atoms with Crippen LogP contribution in [0, 0.1) is 0 Å². The largest absolute Gasteiger partial charge is 0.493 e. The third-order valence-electron chi connectivity index (χ3n) is 6.60. The molecule has 8 nitrogen and oxygen atoms in total. The number of carbonyl (C=O) groups excluding carboxylic acids is 2. The molecule has 0 saturated heterocycles. The van der Waals surface area contributed by atoms with Gasteiger partial charge < -0.3 is 24.8 Å². The van der Waals surface area contributed by atoms with E-state index < -0.39 is 0 Å². The second-order valence-corrected chi connectivity index (χ2v) is 9.19. The van der Waals surface area contributed by atoms with Gasteiger partial charge in [0.05, 0.1) is 38.1 Å². The molecule has 1 aromatic heterocycles. The van der Waals surface area contributed by atoms with Crippen molar-refractivity contribution in [1.82, 2.24) is 10.3 Å². The number of pyridine rings is 1. The molecule has 5 aromatic rings. The van der Waals surface area contributed by atoms with Gasteiger partial charge in [0.2, 0.25) is 5.75 Å². The molecule has 0 aliphatic heterocycles. The van der Waals surface area contributed by atoms with E-state index in [1.165, 1.54) is 0 Å². The van der Waals surface area contributed by atoms with Crippen molar-refractivity contribution in [2.45, 2.75) is 6.54 Å². The van der Waals surface area contributed by atoms with Crippen molar-refractivity contribution in [3.05, 3.63) is 114 Å². The van der Waals surface area contributed by atoms with Crippen LogP contribution in [0.2, 0.25) is 0 Å². The van der Waals surface area contributed by atoms with Crippen LogP contribution in [0.25, 0.3) is 22.2 Å². The molecule has 0 fully saturated rings. The average molecular weight is 548 g/mol. The number of methoxy groups -OCH3 is 3. The third kappa shape index (κ3) is 5.96. The van der Waals surface area contributed by atoms with Crippen molar-refractivity contribution in [2.24, 2.45) is 0 Å². The van der Waals surface area contributed by atoms with Crippen LogP contribution in [-0.4, -0.2) is 38.1 Å². The molecule has 0 saturated carbocycles. The maximum atomic E-state index is 13.6. The van der Waals surface area contributed by atoms with Gasteiger partial charge >= 0.3 is 0 Å². The fourth-order valence-electron chi connectivity index (χ4n) is 4.56. The highest BCUT2D eigenvalue weighted by Gasteiger charge is 2.19. The van der Waals surface area contributed by atoms with Crippen LogP contribution in [0.5, 0.6) is 17.2 Å². The van der Waals surface area contributed by atoms with Crippen LogP contribution < -0.4 is 24.8 Å². The molecule has 0 bridgehead atoms. The highest BCUT2D eigenvalue weighted by molar-refractivity contribution is 6.13. The molecule has 2 amide bonds. The monoisotopic (exact) mass is 547 g/mol. The minimum Gasteiger partial charge on any atom is -0.493 e. The Kier molecular flexibility index (Phi) is 8.10. The number of ether oxygens (including phenoxy) is 3. The van der Waals surface area contributed by atoms with Crippen molar-refractivity contribution < 1.29 is 23.8 Å². The number of para-hydroxylation sites is 1. The number of rotatable bonds is 9. The standard InChI is InChI=1S/C33H29N3O5/c1-39-29-17-23(18-30(40-2)31(29)41-3)28-19-26(25-14-7-8-15-27(25)36-28)33(38)35-24-13-9-12-22(16-24)32(37)34-20-21-10-5-4-6-11-21/h4-19H,20H2,1-3H3,(H,34,37)(H,35,38). The molecule has 0 spiro atoms. The molecule has 2 N–H and O–H groups in total. The van der Waals surface area contributed by atoms with Gasteiger partial charge in [-0.1, -0.05) is 54.6 Å². The number of nitrogens with zero attached hydrogens (tertiary/aromatic N) is 1. The normalized spacial score (nSPS) is 10.6. The molecule has 0 aliphatic rings. The number of hydrogen-bond donors (Lipinski definition) is 2. The Bertz CT molecular complexity index is 1690. The quantitative estimate of drug-likeness (QED) is 0.231. The van der Waals surface area contributed by atoms with Gasteiger partial charge in [0.15, 0.2) is 11.5 Å². The minimum absolute atomic E-state index is 0.232. The van der Waals surface area contributed by atoms with Crippen molar-refractivity contribution in [3.63, 3.8) is 0 Å². The topological polar surface area (TPSA) is 98.8 Å². The summed E-state index contributed by atoms with van der Waals surface area (Å²) in [5.41, 5.74) is 4.27. The van der Waals surface area contributed by atoms with E-state index in [0.717, 1.165) is 5.56 Å². The van der Waals surface area contributed by atoms with Crippen molar-refractivity contribution in [2.75, 3.05) is 26.6 Å². The Labute approximate surface area is 237 Å². The molecule has 8 heteroatoms. The Hall–Kier alpha value is -5.37. The first-order valence-corrected chi connectivity index (χ1v) is 12.9. The lowest BCUT2D eigenvalue weighted by Crippen LogP contribution is -2.23. The van der Waals surface area contributed by atoms with Gasteiger partial charge in [-0.3, -0.25) is 9.59 Å². The van der Waals surface area contributed by atoms with Crippen LogP contribution in [0.1, 0.15) is 26.3 Å². The first-order chi connectivity index (χ1) is 20.0. The number of aromatic nitrogens is 1. The maximum Gasteiger partial charge on any atom is 0.256 e.